The van der Waals surface area contributed by atoms with E-state index >= 15 is 0 Å². The lowest BCUT2D eigenvalue weighted by atomic mass is 9.88. The zero-order chi connectivity index (χ0) is 13.1. The second-order valence-corrected chi connectivity index (χ2v) is 5.66. The van der Waals surface area contributed by atoms with E-state index in [1.54, 1.807) is 0 Å². The van der Waals surface area contributed by atoms with Crippen molar-refractivity contribution < 1.29 is 9.13 Å². The summed E-state index contributed by atoms with van der Waals surface area (Å²) in [6.07, 6.45) is 2.35. The van der Waals surface area contributed by atoms with Gasteiger partial charge in [-0.05, 0) is 43.0 Å². The average molecular weight is 264 g/mol. The third-order valence-corrected chi connectivity index (χ3v) is 4.18. The lowest BCUT2D eigenvalue weighted by molar-refractivity contribution is 0.0320. The molecule has 3 aliphatic rings. The van der Waals surface area contributed by atoms with E-state index in [0.717, 1.165) is 38.4 Å². The van der Waals surface area contributed by atoms with Gasteiger partial charge in [-0.2, -0.15) is 0 Å². The minimum Gasteiger partial charge on any atom is -0.382 e. The van der Waals surface area contributed by atoms with Gasteiger partial charge in [0.1, 0.15) is 5.82 Å². The summed E-state index contributed by atoms with van der Waals surface area (Å²) in [6.45, 7) is 3.75. The van der Waals surface area contributed by atoms with Gasteiger partial charge < -0.3 is 15.4 Å². The molecule has 0 saturated carbocycles. The average Bonchev–Trinajstić information content (AvgIpc) is 2.34. The number of nitrogens with one attached hydrogen (secondary N) is 2. The summed E-state index contributed by atoms with van der Waals surface area (Å²) in [6, 6.07) is 7.03. The smallest absolute Gasteiger partial charge is 0.123 e. The Morgan fingerprint density at radius 2 is 1.95 bits per heavy atom. The van der Waals surface area contributed by atoms with Crippen LogP contribution in [0.5, 0.6) is 0 Å². The van der Waals surface area contributed by atoms with Crippen LogP contribution in [0.25, 0.3) is 0 Å². The molecule has 0 aromatic heterocycles. The van der Waals surface area contributed by atoms with E-state index < -0.39 is 0 Å². The number of benzene rings is 1. The molecule has 0 radical (unpaired) electrons. The molecule has 1 aromatic carbocycles. The molecular formula is C15H21FN2O. The number of anilines is 1. The molecule has 0 unspecified atom stereocenters. The van der Waals surface area contributed by atoms with Crippen LogP contribution in [-0.4, -0.2) is 32.3 Å². The van der Waals surface area contributed by atoms with Crippen LogP contribution in [0, 0.1) is 17.7 Å². The van der Waals surface area contributed by atoms with Crippen molar-refractivity contribution in [2.75, 3.05) is 31.6 Å². The third-order valence-electron chi connectivity index (χ3n) is 4.18. The molecule has 3 aliphatic heterocycles. The van der Waals surface area contributed by atoms with E-state index in [4.69, 9.17) is 4.74 Å². The Morgan fingerprint density at radius 1 is 1.11 bits per heavy atom. The van der Waals surface area contributed by atoms with Gasteiger partial charge in [-0.25, -0.2) is 4.39 Å². The lowest BCUT2D eigenvalue weighted by Gasteiger charge is -2.36. The van der Waals surface area contributed by atoms with E-state index in [2.05, 4.69) is 10.6 Å². The molecule has 2 N–H and O–H groups in total. The van der Waals surface area contributed by atoms with Crippen molar-refractivity contribution in [3.8, 4) is 0 Å². The zero-order valence-electron chi connectivity index (χ0n) is 11.1. The number of ether oxygens (including phenoxy) is 1. The van der Waals surface area contributed by atoms with E-state index in [1.807, 2.05) is 12.1 Å². The SMILES string of the molecule is Fc1ccc(N[C@H]2CC[C@@H]3CNC[C@H]2COC3)cc1. The fourth-order valence-electron chi connectivity index (χ4n) is 3.02. The molecule has 3 nitrogen and oxygen atoms in total. The second-order valence-electron chi connectivity index (χ2n) is 5.66. The van der Waals surface area contributed by atoms with Crippen molar-refractivity contribution in [2.24, 2.45) is 11.8 Å². The fourth-order valence-corrected chi connectivity index (χ4v) is 3.02. The minimum absolute atomic E-state index is 0.189. The normalized spacial score (nSPS) is 31.3. The highest BCUT2D eigenvalue weighted by Gasteiger charge is 2.28. The van der Waals surface area contributed by atoms with Gasteiger partial charge in [0.25, 0.3) is 0 Å². The van der Waals surface area contributed by atoms with Gasteiger partial charge in [-0.1, -0.05) is 0 Å². The Bertz CT molecular complexity index is 399. The van der Waals surface area contributed by atoms with E-state index in [9.17, 15) is 4.39 Å². The fraction of sp³-hybridized carbons (Fsp3) is 0.600. The van der Waals surface area contributed by atoms with Crippen molar-refractivity contribution in [1.29, 1.82) is 0 Å². The Morgan fingerprint density at radius 3 is 2.79 bits per heavy atom. The van der Waals surface area contributed by atoms with Crippen molar-refractivity contribution in [3.05, 3.63) is 30.1 Å². The standard InChI is InChI=1S/C15H21FN2O/c16-13-2-4-14(5-3-13)18-15-6-1-11-7-17-8-12(15)10-19-9-11/h2-5,11-12,15,17-18H,1,6-10H2/t11-,12+,15+/m1/s1. The van der Waals surface area contributed by atoms with Crippen LogP contribution in [0.2, 0.25) is 0 Å². The summed E-state index contributed by atoms with van der Waals surface area (Å²) in [5.41, 5.74) is 0.995. The maximum Gasteiger partial charge on any atom is 0.123 e. The van der Waals surface area contributed by atoms with Gasteiger partial charge >= 0.3 is 0 Å². The quantitative estimate of drug-likeness (QED) is 0.859. The maximum absolute atomic E-state index is 12.9. The molecule has 19 heavy (non-hydrogen) atoms. The predicted octanol–water partition coefficient (Wildman–Crippen LogP) is 2.25. The largest absolute Gasteiger partial charge is 0.382 e. The van der Waals surface area contributed by atoms with Crippen LogP contribution >= 0.6 is 0 Å². The van der Waals surface area contributed by atoms with Gasteiger partial charge in [-0.15, -0.1) is 0 Å². The summed E-state index contributed by atoms with van der Waals surface area (Å²) >= 11 is 0. The second kappa shape index (κ2) is 5.88. The third kappa shape index (κ3) is 3.25. The molecule has 1 aromatic rings. The monoisotopic (exact) mass is 264 g/mol. The van der Waals surface area contributed by atoms with Crippen molar-refractivity contribution >= 4 is 5.69 Å². The maximum atomic E-state index is 12.9. The molecule has 3 atom stereocenters. The van der Waals surface area contributed by atoms with Gasteiger partial charge in [0.05, 0.1) is 13.2 Å². The summed E-state index contributed by atoms with van der Waals surface area (Å²) in [4.78, 5) is 0. The molecule has 104 valence electrons. The number of hydrogen-bond acceptors (Lipinski definition) is 3. The molecule has 0 spiro atoms. The highest BCUT2D eigenvalue weighted by Crippen LogP contribution is 2.24. The van der Waals surface area contributed by atoms with Gasteiger partial charge in [0, 0.05) is 30.7 Å². The van der Waals surface area contributed by atoms with Crippen LogP contribution in [-0.2, 0) is 4.74 Å². The Balaban J connectivity index is 1.70. The molecular weight excluding hydrogens is 243 g/mol. The van der Waals surface area contributed by atoms with Crippen LogP contribution in [0.4, 0.5) is 10.1 Å². The Labute approximate surface area is 113 Å². The van der Waals surface area contributed by atoms with Crippen LogP contribution in [0.3, 0.4) is 0 Å². The minimum atomic E-state index is -0.189. The zero-order valence-corrected chi connectivity index (χ0v) is 11.1. The summed E-state index contributed by atoms with van der Waals surface area (Å²) in [5, 5.41) is 7.08. The molecule has 4 rings (SSSR count). The molecule has 0 amide bonds. The van der Waals surface area contributed by atoms with Gasteiger partial charge in [0.2, 0.25) is 0 Å². The first-order valence-electron chi connectivity index (χ1n) is 7.12. The van der Waals surface area contributed by atoms with E-state index in [0.29, 0.717) is 17.9 Å². The summed E-state index contributed by atoms with van der Waals surface area (Å²) in [5.74, 6) is 0.913. The predicted molar refractivity (Wildman–Crippen MR) is 73.7 cm³/mol. The molecule has 0 aliphatic carbocycles. The highest BCUT2D eigenvalue weighted by molar-refractivity contribution is 5.44. The number of rotatable bonds is 2. The van der Waals surface area contributed by atoms with Crippen molar-refractivity contribution in [3.63, 3.8) is 0 Å². The number of fused-ring (bicyclic) bond motifs is 6. The summed E-state index contributed by atoms with van der Waals surface area (Å²) in [7, 11) is 0. The van der Waals surface area contributed by atoms with Crippen molar-refractivity contribution in [1.82, 2.24) is 5.32 Å². The molecule has 3 fully saturated rings. The first-order valence-corrected chi connectivity index (χ1v) is 7.12. The number of halogens is 1. The highest BCUT2D eigenvalue weighted by atomic mass is 19.1. The van der Waals surface area contributed by atoms with E-state index in [-0.39, 0.29) is 5.82 Å². The molecule has 4 heteroatoms. The van der Waals surface area contributed by atoms with Crippen LogP contribution in [0.15, 0.2) is 24.3 Å². The lowest BCUT2D eigenvalue weighted by Crippen LogP contribution is -2.46. The number of hydrogen-bond donors (Lipinski definition) is 2. The first kappa shape index (κ1) is 12.9. The van der Waals surface area contributed by atoms with Gasteiger partial charge in [0.15, 0.2) is 0 Å². The molecule has 3 heterocycles. The van der Waals surface area contributed by atoms with Gasteiger partial charge in [-0.3, -0.25) is 0 Å². The first-order chi connectivity index (χ1) is 9.31. The molecule has 3 saturated heterocycles. The molecule has 2 bridgehead atoms. The van der Waals surface area contributed by atoms with Crippen molar-refractivity contribution in [2.45, 2.75) is 18.9 Å². The summed E-state index contributed by atoms with van der Waals surface area (Å²) < 4.78 is 18.7. The Kier molecular flexibility index (Phi) is 3.99. The van der Waals surface area contributed by atoms with E-state index in [1.165, 1.54) is 18.6 Å². The topological polar surface area (TPSA) is 33.3 Å². The van der Waals surface area contributed by atoms with Crippen LogP contribution in [0.1, 0.15) is 12.8 Å². The Hall–Kier alpha value is -1.13. The van der Waals surface area contributed by atoms with Crippen LogP contribution < -0.4 is 10.6 Å².